The third-order valence-corrected chi connectivity index (χ3v) is 4.71. The Morgan fingerprint density at radius 2 is 2.05 bits per heavy atom. The minimum absolute atomic E-state index is 0.0440. The van der Waals surface area contributed by atoms with Crippen molar-refractivity contribution in [3.8, 4) is 0 Å². The van der Waals surface area contributed by atoms with E-state index in [1.807, 2.05) is 4.90 Å². The minimum Gasteiger partial charge on any atom is -0.481 e. The molecule has 0 aromatic rings. The lowest BCUT2D eigenvalue weighted by molar-refractivity contribution is -0.137. The number of piperidine rings is 1. The first-order valence-corrected chi connectivity index (χ1v) is 8.35. The molecule has 2 unspecified atom stereocenters. The molecule has 1 aliphatic carbocycles. The van der Waals surface area contributed by atoms with E-state index in [1.165, 1.54) is 12.8 Å². The summed E-state index contributed by atoms with van der Waals surface area (Å²) in [6.07, 6.45) is 7.63. The smallest absolute Gasteiger partial charge is 0.317 e. The van der Waals surface area contributed by atoms with Crippen molar-refractivity contribution in [2.24, 2.45) is 11.8 Å². The van der Waals surface area contributed by atoms with E-state index < -0.39 is 5.97 Å². The van der Waals surface area contributed by atoms with Gasteiger partial charge in [-0.15, -0.1) is 0 Å². The van der Waals surface area contributed by atoms with Crippen LogP contribution in [0.15, 0.2) is 0 Å². The van der Waals surface area contributed by atoms with Gasteiger partial charge in [0.15, 0.2) is 0 Å². The molecular formula is C16H28N2O3. The number of carbonyl (C=O) groups excluding carboxylic acids is 1. The number of carboxylic acids is 1. The van der Waals surface area contributed by atoms with Crippen LogP contribution in [0.1, 0.15) is 58.3 Å². The number of hydrogen-bond donors (Lipinski definition) is 2. The van der Waals surface area contributed by atoms with Gasteiger partial charge in [-0.1, -0.05) is 19.8 Å². The summed E-state index contributed by atoms with van der Waals surface area (Å²) >= 11 is 0. The fourth-order valence-corrected chi connectivity index (χ4v) is 3.16. The van der Waals surface area contributed by atoms with Crippen LogP contribution in [0.5, 0.6) is 0 Å². The van der Waals surface area contributed by atoms with Gasteiger partial charge < -0.3 is 15.3 Å². The van der Waals surface area contributed by atoms with Crippen molar-refractivity contribution in [3.05, 3.63) is 0 Å². The zero-order valence-corrected chi connectivity index (χ0v) is 13.0. The number of carboxylic acid groups (broad SMARTS) is 1. The van der Waals surface area contributed by atoms with Crippen molar-refractivity contribution in [1.29, 1.82) is 0 Å². The number of rotatable bonds is 7. The van der Waals surface area contributed by atoms with E-state index in [9.17, 15) is 9.59 Å². The van der Waals surface area contributed by atoms with Crippen molar-refractivity contribution in [3.63, 3.8) is 0 Å². The quantitative estimate of drug-likeness (QED) is 0.759. The average molecular weight is 296 g/mol. The summed E-state index contributed by atoms with van der Waals surface area (Å²) in [5.41, 5.74) is 0. The lowest BCUT2D eigenvalue weighted by atomic mass is 9.93. The highest BCUT2D eigenvalue weighted by Gasteiger charge is 2.28. The van der Waals surface area contributed by atoms with Gasteiger partial charge in [0, 0.05) is 25.6 Å². The Labute approximate surface area is 127 Å². The van der Waals surface area contributed by atoms with Crippen molar-refractivity contribution < 1.29 is 14.7 Å². The molecule has 0 aromatic carbocycles. The standard InChI is InChI=1S/C16H28N2O3/c1-2-14(10-12-5-6-12)17-16(21)18-9-3-4-13(11-18)7-8-15(19)20/h12-14H,2-11H2,1H3,(H,17,21)(H,19,20). The summed E-state index contributed by atoms with van der Waals surface area (Å²) in [6.45, 7) is 3.63. The van der Waals surface area contributed by atoms with Crippen LogP contribution in [0, 0.1) is 11.8 Å². The lowest BCUT2D eigenvalue weighted by Gasteiger charge is -2.33. The van der Waals surface area contributed by atoms with Crippen molar-refractivity contribution in [1.82, 2.24) is 10.2 Å². The highest BCUT2D eigenvalue weighted by Crippen LogP contribution is 2.34. The lowest BCUT2D eigenvalue weighted by Crippen LogP contribution is -2.48. The second kappa shape index (κ2) is 7.66. The van der Waals surface area contributed by atoms with Gasteiger partial charge in [-0.3, -0.25) is 4.79 Å². The van der Waals surface area contributed by atoms with Crippen LogP contribution in [0.2, 0.25) is 0 Å². The molecule has 1 saturated heterocycles. The first-order chi connectivity index (χ1) is 10.1. The predicted molar refractivity (Wildman–Crippen MR) is 81.1 cm³/mol. The van der Waals surface area contributed by atoms with E-state index >= 15 is 0 Å². The van der Waals surface area contributed by atoms with Gasteiger partial charge in [0.1, 0.15) is 0 Å². The number of nitrogens with one attached hydrogen (secondary N) is 1. The van der Waals surface area contributed by atoms with Gasteiger partial charge in [-0.2, -0.15) is 0 Å². The minimum atomic E-state index is -0.743. The molecule has 120 valence electrons. The van der Waals surface area contributed by atoms with Gasteiger partial charge >= 0.3 is 12.0 Å². The summed E-state index contributed by atoms with van der Waals surface area (Å²) in [6, 6.07) is 0.340. The first-order valence-electron chi connectivity index (χ1n) is 8.35. The zero-order chi connectivity index (χ0) is 15.2. The topological polar surface area (TPSA) is 69.6 Å². The Morgan fingerprint density at radius 1 is 1.29 bits per heavy atom. The maximum atomic E-state index is 12.4. The van der Waals surface area contributed by atoms with Gasteiger partial charge in [-0.25, -0.2) is 4.79 Å². The maximum absolute atomic E-state index is 12.4. The largest absolute Gasteiger partial charge is 0.481 e. The first kappa shape index (κ1) is 16.1. The summed E-state index contributed by atoms with van der Waals surface area (Å²) in [7, 11) is 0. The molecule has 2 rings (SSSR count). The van der Waals surface area contributed by atoms with Crippen LogP contribution in [0.25, 0.3) is 0 Å². The van der Waals surface area contributed by atoms with Crippen molar-refractivity contribution >= 4 is 12.0 Å². The molecule has 0 aromatic heterocycles. The van der Waals surface area contributed by atoms with Crippen LogP contribution in [0.3, 0.4) is 0 Å². The second-order valence-corrected chi connectivity index (χ2v) is 6.62. The molecule has 0 bridgehead atoms. The predicted octanol–water partition coefficient (Wildman–Crippen LogP) is 2.85. The fraction of sp³-hybridized carbons (Fsp3) is 0.875. The van der Waals surface area contributed by atoms with Crippen LogP contribution < -0.4 is 5.32 Å². The van der Waals surface area contributed by atoms with Crippen molar-refractivity contribution in [2.45, 2.75) is 64.3 Å². The van der Waals surface area contributed by atoms with Crippen molar-refractivity contribution in [2.75, 3.05) is 13.1 Å². The summed E-state index contributed by atoms with van der Waals surface area (Å²) in [4.78, 5) is 24.9. The second-order valence-electron chi connectivity index (χ2n) is 6.62. The van der Waals surface area contributed by atoms with Crippen LogP contribution in [-0.4, -0.2) is 41.1 Å². The molecule has 2 aliphatic rings. The normalized spacial score (nSPS) is 23.7. The van der Waals surface area contributed by atoms with E-state index in [2.05, 4.69) is 12.2 Å². The number of urea groups is 1. The van der Waals surface area contributed by atoms with E-state index in [-0.39, 0.29) is 12.5 Å². The number of hydrogen-bond acceptors (Lipinski definition) is 2. The Hall–Kier alpha value is -1.26. The summed E-state index contributed by atoms with van der Waals surface area (Å²) in [5.74, 6) is 0.413. The molecule has 2 atom stereocenters. The molecule has 2 amide bonds. The van der Waals surface area contributed by atoms with Crippen LogP contribution in [0.4, 0.5) is 4.79 Å². The molecule has 1 aliphatic heterocycles. The summed E-state index contributed by atoms with van der Waals surface area (Å²) in [5, 5.41) is 11.9. The average Bonchev–Trinajstić information content (AvgIpc) is 3.28. The summed E-state index contributed by atoms with van der Waals surface area (Å²) < 4.78 is 0. The van der Waals surface area contributed by atoms with Crippen LogP contribution in [-0.2, 0) is 4.79 Å². The maximum Gasteiger partial charge on any atom is 0.317 e. The highest BCUT2D eigenvalue weighted by molar-refractivity contribution is 5.74. The van der Waals surface area contributed by atoms with E-state index in [0.29, 0.717) is 24.9 Å². The molecule has 1 heterocycles. The molecule has 5 heteroatoms. The van der Waals surface area contributed by atoms with E-state index in [1.54, 1.807) is 0 Å². The third-order valence-electron chi connectivity index (χ3n) is 4.71. The van der Waals surface area contributed by atoms with Gasteiger partial charge in [0.05, 0.1) is 0 Å². The van der Waals surface area contributed by atoms with E-state index in [0.717, 1.165) is 38.1 Å². The Morgan fingerprint density at radius 3 is 2.67 bits per heavy atom. The van der Waals surface area contributed by atoms with Gasteiger partial charge in [-0.05, 0) is 43.9 Å². The van der Waals surface area contributed by atoms with Gasteiger partial charge in [0.2, 0.25) is 0 Å². The molecule has 1 saturated carbocycles. The Kier molecular flexibility index (Phi) is 5.88. The monoisotopic (exact) mass is 296 g/mol. The molecular weight excluding hydrogens is 268 g/mol. The molecule has 0 radical (unpaired) electrons. The number of aliphatic carboxylic acids is 1. The fourth-order valence-electron chi connectivity index (χ4n) is 3.16. The molecule has 2 N–H and O–H groups in total. The molecule has 2 fully saturated rings. The van der Waals surface area contributed by atoms with Crippen LogP contribution >= 0.6 is 0 Å². The highest BCUT2D eigenvalue weighted by atomic mass is 16.4. The van der Waals surface area contributed by atoms with E-state index in [4.69, 9.17) is 5.11 Å². The zero-order valence-electron chi connectivity index (χ0n) is 13.0. The molecule has 21 heavy (non-hydrogen) atoms. The number of likely N-dealkylation sites (tertiary alicyclic amines) is 1. The molecule has 0 spiro atoms. The number of nitrogens with zero attached hydrogens (tertiary/aromatic N) is 1. The van der Waals surface area contributed by atoms with Gasteiger partial charge in [0.25, 0.3) is 0 Å². The Balaban J connectivity index is 1.76. The Bertz CT molecular complexity index is 369. The number of amides is 2. The number of carbonyl (C=O) groups is 2. The SMILES string of the molecule is CCC(CC1CC1)NC(=O)N1CCCC(CCC(=O)O)C1. The third kappa shape index (κ3) is 5.56. The molecule has 5 nitrogen and oxygen atoms in total.